The maximum Gasteiger partial charge on any atom is 1.00 e. The minimum Gasteiger partial charge on any atom is -0.754 e. The molecule has 26 valence electrons. The van der Waals surface area contributed by atoms with Crippen molar-refractivity contribution in [1.82, 2.24) is 5.23 Å². The van der Waals surface area contributed by atoms with Crippen molar-refractivity contribution in [3.05, 3.63) is 12.5 Å². The van der Waals surface area contributed by atoms with Gasteiger partial charge in [0.25, 0.3) is 0 Å². The quantitative estimate of drug-likeness (QED) is 0.303. The maximum atomic E-state index is 4.53. The Labute approximate surface area is 49.4 Å². The van der Waals surface area contributed by atoms with E-state index in [2.05, 4.69) is 9.88 Å². The number of hydrogen-bond acceptors (Lipinski definition) is 2. The van der Waals surface area contributed by atoms with E-state index in [9.17, 15) is 0 Å². The predicted octanol–water partition coefficient (Wildman–Crippen LogP) is -3.38. The van der Waals surface area contributed by atoms with Crippen molar-refractivity contribution in [2.75, 3.05) is 0 Å². The van der Waals surface area contributed by atoms with Gasteiger partial charge in [-0.15, -0.1) is 0 Å². The van der Waals surface area contributed by atoms with Gasteiger partial charge in [-0.25, -0.2) is 0 Å². The average molecular weight is 74.8 g/mol. The van der Waals surface area contributed by atoms with E-state index in [1.807, 2.05) is 0 Å². The average Bonchev–Trinajstić information content (AvgIpc) is 1.76. The van der Waals surface area contributed by atoms with E-state index < -0.39 is 0 Å². The van der Waals surface area contributed by atoms with Gasteiger partial charge in [-0.1, -0.05) is 0 Å². The van der Waals surface area contributed by atoms with Crippen LogP contribution in [0.1, 0.15) is 0 Å². The smallest absolute Gasteiger partial charge is 0.754 e. The summed E-state index contributed by atoms with van der Waals surface area (Å²) in [6, 6.07) is 0. The Balaban J connectivity index is 0.000000250. The monoisotopic (exact) mass is 75.0 g/mol. The van der Waals surface area contributed by atoms with Crippen LogP contribution in [0.15, 0.2) is 12.5 Å². The minimum absolute atomic E-state index is 0. The number of hydrogen-bond donors (Lipinski definition) is 1. The Morgan fingerprint density at radius 1 is 1.67 bits per heavy atom. The molecule has 0 aromatic heterocycles. The topological polar surface area (TPSA) is 21.3 Å². The maximum absolute atomic E-state index is 4.53. The van der Waals surface area contributed by atoms with Gasteiger partial charge in [0.1, 0.15) is 0 Å². The molecule has 0 saturated heterocycles. The van der Waals surface area contributed by atoms with E-state index in [0.29, 0.717) is 0 Å². The molecular weight excluding hydrogens is 71.8 g/mol. The van der Waals surface area contributed by atoms with E-state index in [1.165, 1.54) is 7.62 Å². The molecule has 1 aliphatic heterocycles. The van der Waals surface area contributed by atoms with E-state index >= 15 is 0 Å². The summed E-state index contributed by atoms with van der Waals surface area (Å²) in [7, 11) is 1.50. The number of nitrogens with one attached hydrogen (secondary N) is 1. The van der Waals surface area contributed by atoms with Crippen molar-refractivity contribution in [3.63, 3.8) is 0 Å². The first-order chi connectivity index (χ1) is 2.50. The van der Waals surface area contributed by atoms with E-state index in [4.69, 9.17) is 0 Å². The van der Waals surface area contributed by atoms with Gasteiger partial charge in [-0.3, -0.25) is 0 Å². The molecule has 2 nitrogen and oxygen atoms in total. The third-order valence-electron chi connectivity index (χ3n) is 0.379. The van der Waals surface area contributed by atoms with Gasteiger partial charge < -0.3 is 9.88 Å². The molecule has 0 spiro atoms. The molecule has 1 aliphatic rings. The van der Waals surface area contributed by atoms with Gasteiger partial charge in [0.05, 0.1) is 0 Å². The molecule has 0 aromatic carbocycles. The zero-order chi connectivity index (χ0) is 3.54. The third kappa shape index (κ3) is 1.44. The largest absolute Gasteiger partial charge is 1.00 e. The molecule has 6 heavy (non-hydrogen) atoms. The van der Waals surface area contributed by atoms with Crippen LogP contribution in [0, 0.1) is 0 Å². The first kappa shape index (κ1) is 6.00. The first-order valence-corrected chi connectivity index (χ1v) is 1.38. The zero-order valence-corrected chi connectivity index (χ0v) is 3.64. The Morgan fingerprint density at radius 3 is 2.67 bits per heavy atom. The fraction of sp³-hybridized carbons (Fsp3) is 0. The van der Waals surface area contributed by atoms with Crippen LogP contribution in [0.4, 0.5) is 0 Å². The molecule has 0 aliphatic carbocycles. The summed E-state index contributed by atoms with van der Waals surface area (Å²) in [6.07, 6.45) is 3.28. The van der Waals surface area contributed by atoms with E-state index in [0.717, 1.165) is 0 Å². The summed E-state index contributed by atoms with van der Waals surface area (Å²) in [6.45, 7) is 0. The Bertz CT molecular complexity index is 51.5. The third-order valence-corrected chi connectivity index (χ3v) is 0.379. The van der Waals surface area contributed by atoms with Gasteiger partial charge in [-0.05, 0) is 6.20 Å². The van der Waals surface area contributed by atoms with Gasteiger partial charge in [0, 0.05) is 13.9 Å². The molecular formula is C2H3BLiNO. The molecule has 0 atom stereocenters. The molecule has 1 rings (SSSR count). The second kappa shape index (κ2) is 3.20. The van der Waals surface area contributed by atoms with Crippen molar-refractivity contribution in [2.24, 2.45) is 0 Å². The molecule has 0 saturated carbocycles. The summed E-state index contributed by atoms with van der Waals surface area (Å²) in [5.41, 5.74) is 0. The SMILES string of the molecule is [B-]1NC=CO1.[Li+]. The Hall–Kier alpha value is 0.00234. The molecule has 4 heteroatoms. The fourth-order valence-corrected chi connectivity index (χ4v) is 0.196. The van der Waals surface area contributed by atoms with Crippen LogP contribution >= 0.6 is 0 Å². The zero-order valence-electron chi connectivity index (χ0n) is 3.64. The summed E-state index contributed by atoms with van der Waals surface area (Å²) in [5, 5.41) is 2.69. The van der Waals surface area contributed by atoms with Gasteiger partial charge in [0.2, 0.25) is 0 Å². The summed E-state index contributed by atoms with van der Waals surface area (Å²) in [5.74, 6) is 0. The van der Waals surface area contributed by atoms with Crippen molar-refractivity contribution >= 4 is 7.62 Å². The standard InChI is InChI=1S/C2H3BNO.Li/c1-2-5-3-4-1;/h1-2,4H;/q-1;+1. The molecule has 0 amide bonds. The fourth-order valence-electron chi connectivity index (χ4n) is 0.196. The van der Waals surface area contributed by atoms with Crippen LogP contribution in [0.2, 0.25) is 0 Å². The van der Waals surface area contributed by atoms with Crippen LogP contribution < -0.4 is 24.1 Å². The van der Waals surface area contributed by atoms with Crippen molar-refractivity contribution in [3.8, 4) is 0 Å². The Kier molecular flexibility index (Phi) is 3.20. The Morgan fingerprint density at radius 2 is 2.50 bits per heavy atom. The number of rotatable bonds is 0. The van der Waals surface area contributed by atoms with Gasteiger partial charge in [0.15, 0.2) is 0 Å². The normalized spacial score (nSPS) is 14.7. The molecule has 1 heterocycles. The molecule has 0 aromatic rings. The second-order valence-electron chi connectivity index (χ2n) is 0.723. The second-order valence-corrected chi connectivity index (χ2v) is 0.723. The van der Waals surface area contributed by atoms with Crippen LogP contribution in [-0.4, -0.2) is 7.62 Å². The van der Waals surface area contributed by atoms with Gasteiger partial charge >= 0.3 is 18.9 Å². The van der Waals surface area contributed by atoms with Crippen LogP contribution in [0.3, 0.4) is 0 Å². The van der Waals surface area contributed by atoms with E-state index in [-0.39, 0.29) is 18.9 Å². The first-order valence-electron chi connectivity index (χ1n) is 1.38. The predicted molar refractivity (Wildman–Crippen MR) is 19.1 cm³/mol. The van der Waals surface area contributed by atoms with Gasteiger partial charge in [-0.2, -0.15) is 0 Å². The van der Waals surface area contributed by atoms with Crippen molar-refractivity contribution in [2.45, 2.75) is 0 Å². The summed E-state index contributed by atoms with van der Waals surface area (Å²) >= 11 is 0. The molecule has 0 bridgehead atoms. The molecule has 0 unspecified atom stereocenters. The van der Waals surface area contributed by atoms with E-state index in [1.54, 1.807) is 12.5 Å². The molecule has 2 radical (unpaired) electrons. The van der Waals surface area contributed by atoms with Crippen LogP contribution in [-0.2, 0) is 4.65 Å². The summed E-state index contributed by atoms with van der Waals surface area (Å²) in [4.78, 5) is 0. The summed E-state index contributed by atoms with van der Waals surface area (Å²) < 4.78 is 4.53. The molecule has 1 N–H and O–H groups in total. The van der Waals surface area contributed by atoms with Crippen LogP contribution in [0.5, 0.6) is 0 Å². The van der Waals surface area contributed by atoms with Crippen LogP contribution in [0.25, 0.3) is 0 Å². The van der Waals surface area contributed by atoms with Crippen molar-refractivity contribution < 1.29 is 23.5 Å². The van der Waals surface area contributed by atoms with Crippen molar-refractivity contribution in [1.29, 1.82) is 0 Å². The molecule has 0 fully saturated rings. The minimum atomic E-state index is 0.